The third-order valence-corrected chi connectivity index (χ3v) is 5.48. The number of carboxylic acid groups (broad SMARTS) is 1. The van der Waals surface area contributed by atoms with E-state index in [2.05, 4.69) is 43.6 Å². The molecular weight excluding hydrogens is 368 g/mol. The van der Waals surface area contributed by atoms with Gasteiger partial charge in [0.05, 0.1) is 0 Å². The maximum atomic E-state index is 11.2. The second-order valence-electron chi connectivity index (χ2n) is 7.64. The lowest BCUT2D eigenvalue weighted by Gasteiger charge is -2.29. The zero-order chi connectivity index (χ0) is 20.2. The number of H-pyrrole nitrogens is 1. The second kappa shape index (κ2) is 8.48. The number of nitrogens with zero attached hydrogens (tertiary/aromatic N) is 3. The highest BCUT2D eigenvalue weighted by atomic mass is 16.4. The molecule has 1 aliphatic heterocycles. The van der Waals surface area contributed by atoms with E-state index in [1.54, 1.807) is 12.3 Å². The quantitative estimate of drug-likeness (QED) is 0.488. The third kappa shape index (κ3) is 4.65. The van der Waals surface area contributed by atoms with Gasteiger partial charge in [0.15, 0.2) is 0 Å². The van der Waals surface area contributed by atoms with Crippen LogP contribution < -0.4 is 10.6 Å². The SMILES string of the molecule is CN1CCC(CNc2ccc(CNc3ccnc4[nH]c(C(=O)O)cc34)cn2)CC1. The molecule has 0 bridgehead atoms. The molecule has 8 nitrogen and oxygen atoms in total. The Morgan fingerprint density at radius 2 is 2.07 bits per heavy atom. The molecule has 0 aliphatic carbocycles. The summed E-state index contributed by atoms with van der Waals surface area (Å²) in [6.07, 6.45) is 5.98. The molecule has 3 aromatic rings. The summed E-state index contributed by atoms with van der Waals surface area (Å²) in [5.41, 5.74) is 2.57. The Hall–Kier alpha value is -3.13. The summed E-state index contributed by atoms with van der Waals surface area (Å²) in [4.78, 5) is 25.1. The molecular formula is C21H26N6O2. The highest BCUT2D eigenvalue weighted by molar-refractivity contribution is 5.97. The molecule has 4 rings (SSSR count). The first-order valence-electron chi connectivity index (χ1n) is 9.91. The van der Waals surface area contributed by atoms with Gasteiger partial charge in [-0.05, 0) is 62.7 Å². The molecule has 0 unspecified atom stereocenters. The predicted molar refractivity (Wildman–Crippen MR) is 113 cm³/mol. The Labute approximate surface area is 169 Å². The van der Waals surface area contributed by atoms with E-state index in [9.17, 15) is 4.79 Å². The molecule has 0 aromatic carbocycles. The van der Waals surface area contributed by atoms with Crippen LogP contribution >= 0.6 is 0 Å². The summed E-state index contributed by atoms with van der Waals surface area (Å²) in [7, 11) is 2.18. The number of pyridine rings is 2. The average molecular weight is 394 g/mol. The largest absolute Gasteiger partial charge is 0.477 e. The van der Waals surface area contributed by atoms with Crippen LogP contribution in [0.4, 0.5) is 11.5 Å². The number of fused-ring (bicyclic) bond motifs is 1. The van der Waals surface area contributed by atoms with Crippen molar-refractivity contribution in [2.75, 3.05) is 37.3 Å². The van der Waals surface area contributed by atoms with Crippen LogP contribution in [0.15, 0.2) is 36.7 Å². The molecule has 0 spiro atoms. The highest BCUT2D eigenvalue weighted by Gasteiger charge is 2.16. The number of aromatic carboxylic acids is 1. The lowest BCUT2D eigenvalue weighted by molar-refractivity contribution is 0.0691. The molecule has 4 heterocycles. The van der Waals surface area contributed by atoms with Gasteiger partial charge in [-0.3, -0.25) is 0 Å². The van der Waals surface area contributed by atoms with Gasteiger partial charge in [0.25, 0.3) is 0 Å². The van der Waals surface area contributed by atoms with Crippen molar-refractivity contribution in [2.24, 2.45) is 5.92 Å². The smallest absolute Gasteiger partial charge is 0.352 e. The van der Waals surface area contributed by atoms with E-state index in [0.29, 0.717) is 18.1 Å². The molecule has 4 N–H and O–H groups in total. The molecule has 0 amide bonds. The molecule has 0 saturated carbocycles. The molecule has 1 fully saturated rings. The standard InChI is InChI=1S/C21H26N6O2/c1-27-8-5-14(6-9-27)11-24-19-3-2-15(13-25-19)12-23-17-4-7-22-20-16(17)10-18(26-20)21(28)29/h2-4,7,10,13-14H,5-6,8-9,11-12H2,1H3,(H,24,25)(H,28,29)(H2,22,23,26). The Bertz CT molecular complexity index is 977. The summed E-state index contributed by atoms with van der Waals surface area (Å²) in [6.45, 7) is 3.89. The van der Waals surface area contributed by atoms with Gasteiger partial charge >= 0.3 is 5.97 Å². The van der Waals surface area contributed by atoms with Gasteiger partial charge in [-0.25, -0.2) is 14.8 Å². The van der Waals surface area contributed by atoms with Crippen LogP contribution in [0.25, 0.3) is 11.0 Å². The van der Waals surface area contributed by atoms with Gasteiger partial charge in [-0.1, -0.05) is 6.07 Å². The summed E-state index contributed by atoms with van der Waals surface area (Å²) in [5, 5.41) is 16.7. The van der Waals surface area contributed by atoms with Crippen molar-refractivity contribution in [1.29, 1.82) is 0 Å². The van der Waals surface area contributed by atoms with Gasteiger partial charge in [0.2, 0.25) is 0 Å². The van der Waals surface area contributed by atoms with Crippen LogP contribution in [0.1, 0.15) is 28.9 Å². The van der Waals surface area contributed by atoms with Crippen LogP contribution in [-0.4, -0.2) is 57.6 Å². The number of aromatic nitrogens is 3. The first kappa shape index (κ1) is 19.2. The highest BCUT2D eigenvalue weighted by Crippen LogP contribution is 2.23. The monoisotopic (exact) mass is 394 g/mol. The van der Waals surface area contributed by atoms with Crippen LogP contribution in [0.2, 0.25) is 0 Å². The summed E-state index contributed by atoms with van der Waals surface area (Å²) in [6, 6.07) is 7.50. The Balaban J connectivity index is 1.33. The fourth-order valence-electron chi connectivity index (χ4n) is 3.64. The van der Waals surface area contributed by atoms with Gasteiger partial charge < -0.3 is 25.6 Å². The van der Waals surface area contributed by atoms with E-state index in [1.165, 1.54) is 25.9 Å². The van der Waals surface area contributed by atoms with Crippen molar-refractivity contribution in [1.82, 2.24) is 19.9 Å². The van der Waals surface area contributed by atoms with E-state index < -0.39 is 5.97 Å². The van der Waals surface area contributed by atoms with Gasteiger partial charge in [0, 0.05) is 36.6 Å². The number of likely N-dealkylation sites (tertiary alicyclic amines) is 1. The van der Waals surface area contributed by atoms with Crippen molar-refractivity contribution in [3.63, 3.8) is 0 Å². The normalized spacial score (nSPS) is 15.5. The van der Waals surface area contributed by atoms with Gasteiger partial charge in [-0.15, -0.1) is 0 Å². The van der Waals surface area contributed by atoms with Crippen LogP contribution in [0.3, 0.4) is 0 Å². The number of carbonyl (C=O) groups is 1. The molecule has 1 saturated heterocycles. The Morgan fingerprint density at radius 3 is 2.79 bits per heavy atom. The minimum absolute atomic E-state index is 0.128. The molecule has 8 heteroatoms. The number of carboxylic acids is 1. The average Bonchev–Trinajstić information content (AvgIpc) is 3.18. The Morgan fingerprint density at radius 1 is 1.24 bits per heavy atom. The summed E-state index contributed by atoms with van der Waals surface area (Å²) < 4.78 is 0. The second-order valence-corrected chi connectivity index (χ2v) is 7.64. The van der Waals surface area contributed by atoms with Crippen molar-refractivity contribution in [3.8, 4) is 0 Å². The van der Waals surface area contributed by atoms with Crippen molar-refractivity contribution < 1.29 is 9.90 Å². The van der Waals surface area contributed by atoms with Crippen molar-refractivity contribution in [3.05, 3.63) is 47.9 Å². The fourth-order valence-corrected chi connectivity index (χ4v) is 3.64. The van der Waals surface area contributed by atoms with Crippen LogP contribution in [-0.2, 0) is 6.54 Å². The number of rotatable bonds is 7. The van der Waals surface area contributed by atoms with E-state index in [1.807, 2.05) is 18.3 Å². The molecule has 1 aliphatic rings. The Kier molecular flexibility index (Phi) is 5.62. The van der Waals surface area contributed by atoms with Crippen molar-refractivity contribution >= 4 is 28.5 Å². The van der Waals surface area contributed by atoms with Crippen LogP contribution in [0, 0.1) is 5.92 Å². The summed E-state index contributed by atoms with van der Waals surface area (Å²) in [5.74, 6) is 0.609. The number of aromatic amines is 1. The number of piperidine rings is 1. The molecule has 29 heavy (non-hydrogen) atoms. The number of nitrogens with one attached hydrogen (secondary N) is 3. The van der Waals surface area contributed by atoms with Crippen LogP contribution in [0.5, 0.6) is 0 Å². The van der Waals surface area contributed by atoms with E-state index >= 15 is 0 Å². The predicted octanol–water partition coefficient (Wildman–Crippen LogP) is 3.02. The summed E-state index contributed by atoms with van der Waals surface area (Å²) >= 11 is 0. The van der Waals surface area contributed by atoms with E-state index in [-0.39, 0.29) is 5.69 Å². The number of anilines is 2. The first-order valence-corrected chi connectivity index (χ1v) is 9.91. The van der Waals surface area contributed by atoms with Crippen molar-refractivity contribution in [2.45, 2.75) is 19.4 Å². The topological polar surface area (TPSA) is 106 Å². The zero-order valence-corrected chi connectivity index (χ0v) is 16.5. The lowest BCUT2D eigenvalue weighted by atomic mass is 9.97. The van der Waals surface area contributed by atoms with E-state index in [0.717, 1.165) is 29.0 Å². The van der Waals surface area contributed by atoms with Gasteiger partial charge in [-0.2, -0.15) is 0 Å². The number of hydrogen-bond acceptors (Lipinski definition) is 6. The van der Waals surface area contributed by atoms with E-state index in [4.69, 9.17) is 5.11 Å². The lowest BCUT2D eigenvalue weighted by Crippen LogP contribution is -2.33. The van der Waals surface area contributed by atoms with Gasteiger partial charge in [0.1, 0.15) is 17.2 Å². The molecule has 3 aromatic heterocycles. The minimum Gasteiger partial charge on any atom is -0.477 e. The maximum absolute atomic E-state index is 11.2. The first-order chi connectivity index (χ1) is 14.1. The maximum Gasteiger partial charge on any atom is 0.352 e. The zero-order valence-electron chi connectivity index (χ0n) is 16.5. The molecule has 0 atom stereocenters. The number of hydrogen-bond donors (Lipinski definition) is 4. The minimum atomic E-state index is -0.999. The fraction of sp³-hybridized carbons (Fsp3) is 0.381. The molecule has 0 radical (unpaired) electrons. The molecule has 152 valence electrons. The third-order valence-electron chi connectivity index (χ3n) is 5.48.